The molecular weight excluding hydrogens is 345 g/mol. The average molecular weight is 367 g/mol. The molecule has 0 radical (unpaired) electrons. The monoisotopic (exact) mass is 367 g/mol. The van der Waals surface area contributed by atoms with Crippen LogP contribution >= 0.6 is 7.60 Å². The molecule has 0 spiro atoms. The fraction of sp³-hybridized carbons (Fsp3) is 0.143. The maximum atomic E-state index is 13.0. The summed E-state index contributed by atoms with van der Waals surface area (Å²) in [5.41, 5.74) is 3.70. The van der Waals surface area contributed by atoms with Crippen LogP contribution in [0.15, 0.2) is 72.9 Å². The van der Waals surface area contributed by atoms with E-state index in [1.807, 2.05) is 89.6 Å². The molecule has 4 nitrogen and oxygen atoms in total. The third-order valence-electron chi connectivity index (χ3n) is 4.12. The maximum Gasteiger partial charge on any atom is 0.377 e. The van der Waals surface area contributed by atoms with E-state index in [2.05, 4.69) is 0 Å². The summed E-state index contributed by atoms with van der Waals surface area (Å²) in [4.78, 5) is 0. The lowest BCUT2D eigenvalue weighted by molar-refractivity contribution is 0.285. The van der Waals surface area contributed by atoms with E-state index >= 15 is 0 Å². The molecule has 0 amide bonds. The number of aromatic nitrogens is 1. The first-order valence-electron chi connectivity index (χ1n) is 8.34. The highest BCUT2D eigenvalue weighted by atomic mass is 31.2. The third-order valence-corrected chi connectivity index (χ3v) is 6.03. The lowest BCUT2D eigenvalue weighted by Gasteiger charge is -2.16. The highest BCUT2D eigenvalue weighted by Crippen LogP contribution is 2.45. The Bertz CT molecular complexity index is 909. The molecule has 3 rings (SSSR count). The minimum atomic E-state index is -3.35. The molecule has 3 aromatic rings. The molecule has 0 aliphatic rings. The van der Waals surface area contributed by atoms with Gasteiger partial charge in [0, 0.05) is 27.0 Å². The van der Waals surface area contributed by atoms with Crippen molar-refractivity contribution in [2.24, 2.45) is 0 Å². The SMILES string of the molecule is COP(=O)(OC)c1cc(/C=C/c2ccccc2)cn1Cc1ccccc1. The van der Waals surface area contributed by atoms with Gasteiger partial charge in [-0.3, -0.25) is 4.57 Å². The van der Waals surface area contributed by atoms with Gasteiger partial charge in [-0.15, -0.1) is 0 Å². The summed E-state index contributed by atoms with van der Waals surface area (Å²) in [5, 5.41) is 0. The second-order valence-corrected chi connectivity index (χ2v) is 8.04. The molecule has 1 aromatic heterocycles. The van der Waals surface area contributed by atoms with Crippen molar-refractivity contribution in [1.82, 2.24) is 4.57 Å². The Labute approximate surface area is 154 Å². The average Bonchev–Trinajstić information content (AvgIpc) is 3.10. The molecule has 0 unspecified atom stereocenters. The van der Waals surface area contributed by atoms with Crippen LogP contribution < -0.4 is 5.44 Å². The Morgan fingerprint density at radius 3 is 2.08 bits per heavy atom. The number of nitrogens with zero attached hydrogens (tertiary/aromatic N) is 1. The van der Waals surface area contributed by atoms with E-state index in [1.165, 1.54) is 14.2 Å². The van der Waals surface area contributed by atoms with Gasteiger partial charge in [-0.25, -0.2) is 0 Å². The summed E-state index contributed by atoms with van der Waals surface area (Å²) in [6.07, 6.45) is 5.99. The summed E-state index contributed by atoms with van der Waals surface area (Å²) in [5.74, 6) is 0. The van der Waals surface area contributed by atoms with Crippen LogP contribution in [-0.4, -0.2) is 18.8 Å². The molecule has 2 aromatic carbocycles. The molecule has 0 aliphatic carbocycles. The molecule has 0 saturated carbocycles. The molecule has 0 fully saturated rings. The van der Waals surface area contributed by atoms with Crippen LogP contribution in [-0.2, 0) is 20.2 Å². The molecule has 0 N–H and O–H groups in total. The van der Waals surface area contributed by atoms with E-state index in [1.54, 1.807) is 0 Å². The number of rotatable bonds is 7. The fourth-order valence-corrected chi connectivity index (χ4v) is 4.04. The second-order valence-electron chi connectivity index (χ2n) is 5.85. The molecule has 0 saturated heterocycles. The molecule has 5 heteroatoms. The smallest absolute Gasteiger partial charge is 0.336 e. The Balaban J connectivity index is 1.97. The lowest BCUT2D eigenvalue weighted by atomic mass is 10.2. The molecular formula is C21H22NO3P. The fourth-order valence-electron chi connectivity index (χ4n) is 2.77. The predicted molar refractivity (Wildman–Crippen MR) is 107 cm³/mol. The number of hydrogen-bond donors (Lipinski definition) is 0. The first-order valence-corrected chi connectivity index (χ1v) is 9.88. The maximum absolute atomic E-state index is 13.0. The zero-order valence-corrected chi connectivity index (χ0v) is 15.8. The Kier molecular flexibility index (Phi) is 5.89. The van der Waals surface area contributed by atoms with Gasteiger partial charge in [-0.2, -0.15) is 0 Å². The summed E-state index contributed by atoms with van der Waals surface area (Å²) in [6.45, 7) is 0.589. The Hall–Kier alpha value is -2.39. The van der Waals surface area contributed by atoms with Crippen LogP contribution in [0.1, 0.15) is 16.7 Å². The first-order chi connectivity index (χ1) is 12.6. The van der Waals surface area contributed by atoms with Crippen LogP contribution in [0.2, 0.25) is 0 Å². The van der Waals surface area contributed by atoms with Crippen molar-refractivity contribution in [1.29, 1.82) is 0 Å². The second kappa shape index (κ2) is 8.33. The Morgan fingerprint density at radius 2 is 1.46 bits per heavy atom. The summed E-state index contributed by atoms with van der Waals surface area (Å²) < 4.78 is 25.3. The molecule has 26 heavy (non-hydrogen) atoms. The van der Waals surface area contributed by atoms with E-state index in [-0.39, 0.29) is 0 Å². The highest BCUT2D eigenvalue weighted by molar-refractivity contribution is 7.61. The van der Waals surface area contributed by atoms with Gasteiger partial charge < -0.3 is 13.6 Å². The third kappa shape index (κ3) is 4.23. The number of hydrogen-bond acceptors (Lipinski definition) is 3. The van der Waals surface area contributed by atoms with Crippen molar-refractivity contribution < 1.29 is 13.6 Å². The van der Waals surface area contributed by atoms with Gasteiger partial charge in [0.15, 0.2) is 0 Å². The highest BCUT2D eigenvalue weighted by Gasteiger charge is 2.29. The van der Waals surface area contributed by atoms with Gasteiger partial charge in [-0.05, 0) is 22.8 Å². The molecule has 134 valence electrons. The summed E-state index contributed by atoms with van der Waals surface area (Å²) in [7, 11) is -0.541. The van der Waals surface area contributed by atoms with E-state index < -0.39 is 7.60 Å². The normalized spacial score (nSPS) is 11.9. The minimum absolute atomic E-state index is 0.541. The molecule has 1 heterocycles. The van der Waals surface area contributed by atoms with Crippen molar-refractivity contribution in [3.05, 3.63) is 89.6 Å². The van der Waals surface area contributed by atoms with Crippen molar-refractivity contribution in [2.45, 2.75) is 6.54 Å². The van der Waals surface area contributed by atoms with Crippen molar-refractivity contribution in [2.75, 3.05) is 14.2 Å². The predicted octanol–water partition coefficient (Wildman–Crippen LogP) is 4.82. The van der Waals surface area contributed by atoms with Gasteiger partial charge in [-0.1, -0.05) is 72.8 Å². The number of benzene rings is 2. The van der Waals surface area contributed by atoms with E-state index in [9.17, 15) is 4.57 Å². The van der Waals surface area contributed by atoms with Gasteiger partial charge >= 0.3 is 7.60 Å². The van der Waals surface area contributed by atoms with Gasteiger partial charge in [0.2, 0.25) is 0 Å². The molecule has 0 aliphatic heterocycles. The van der Waals surface area contributed by atoms with Gasteiger partial charge in [0.05, 0.1) is 0 Å². The van der Waals surface area contributed by atoms with E-state index in [4.69, 9.17) is 9.05 Å². The quantitative estimate of drug-likeness (QED) is 0.562. The van der Waals surface area contributed by atoms with E-state index in [0.717, 1.165) is 16.7 Å². The van der Waals surface area contributed by atoms with Crippen molar-refractivity contribution in [3.8, 4) is 0 Å². The van der Waals surface area contributed by atoms with Crippen LogP contribution in [0.25, 0.3) is 12.2 Å². The van der Waals surface area contributed by atoms with Crippen LogP contribution in [0, 0.1) is 0 Å². The van der Waals surface area contributed by atoms with Crippen LogP contribution in [0.3, 0.4) is 0 Å². The summed E-state index contributed by atoms with van der Waals surface area (Å²) >= 11 is 0. The van der Waals surface area contributed by atoms with Crippen molar-refractivity contribution in [3.63, 3.8) is 0 Å². The first kappa shape index (κ1) is 18.4. The zero-order chi connectivity index (χ0) is 18.4. The van der Waals surface area contributed by atoms with Crippen molar-refractivity contribution >= 4 is 25.2 Å². The standard InChI is InChI=1S/C21H22NO3P/c1-24-26(23,25-2)21-15-20(14-13-18-9-5-3-6-10-18)17-22(21)16-19-11-7-4-8-12-19/h3-15,17H,16H2,1-2H3/b14-13+. The zero-order valence-electron chi connectivity index (χ0n) is 14.9. The van der Waals surface area contributed by atoms with Gasteiger partial charge in [0.25, 0.3) is 0 Å². The largest absolute Gasteiger partial charge is 0.377 e. The summed E-state index contributed by atoms with van der Waals surface area (Å²) in [6, 6.07) is 21.9. The lowest BCUT2D eigenvalue weighted by Crippen LogP contribution is -2.19. The van der Waals surface area contributed by atoms with Gasteiger partial charge in [0.1, 0.15) is 5.44 Å². The Morgan fingerprint density at radius 1 is 0.885 bits per heavy atom. The van der Waals surface area contributed by atoms with E-state index in [0.29, 0.717) is 12.0 Å². The minimum Gasteiger partial charge on any atom is -0.336 e. The molecule has 0 atom stereocenters. The topological polar surface area (TPSA) is 40.5 Å². The van der Waals surface area contributed by atoms with Crippen LogP contribution in [0.5, 0.6) is 0 Å². The van der Waals surface area contributed by atoms with Crippen LogP contribution in [0.4, 0.5) is 0 Å². The molecule has 0 bridgehead atoms.